The highest BCUT2D eigenvalue weighted by Gasteiger charge is 2.31. The van der Waals surface area contributed by atoms with Crippen molar-refractivity contribution in [2.75, 3.05) is 42.9 Å². The number of aromatic nitrogens is 2. The van der Waals surface area contributed by atoms with E-state index in [0.717, 1.165) is 61.4 Å². The summed E-state index contributed by atoms with van der Waals surface area (Å²) in [5.74, 6) is 1.75. The molecule has 3 rings (SSSR count). The molecule has 1 saturated carbocycles. The molecule has 0 spiro atoms. The number of rotatable bonds is 5. The minimum atomic E-state index is 0.731. The van der Waals surface area contributed by atoms with Gasteiger partial charge in [0.25, 0.3) is 0 Å². The number of hydrogen-bond donors (Lipinski definition) is 1. The molecule has 20 heavy (non-hydrogen) atoms. The molecular formula is C14H22BrN5. The fourth-order valence-corrected chi connectivity index (χ4v) is 3.08. The predicted molar refractivity (Wildman–Crippen MR) is 85.3 cm³/mol. The van der Waals surface area contributed by atoms with E-state index in [0.29, 0.717) is 0 Å². The van der Waals surface area contributed by atoms with Crippen LogP contribution in [0.25, 0.3) is 0 Å². The smallest absolute Gasteiger partial charge is 0.224 e. The molecule has 2 heterocycles. The highest BCUT2D eigenvalue weighted by atomic mass is 79.9. The van der Waals surface area contributed by atoms with Crippen molar-refractivity contribution in [3.8, 4) is 0 Å². The third-order valence-corrected chi connectivity index (χ3v) is 4.50. The largest absolute Gasteiger partial charge is 0.354 e. The van der Waals surface area contributed by atoms with E-state index in [1.165, 1.54) is 12.8 Å². The minimum Gasteiger partial charge on any atom is -0.354 e. The van der Waals surface area contributed by atoms with Crippen LogP contribution in [-0.2, 0) is 0 Å². The Kier molecular flexibility index (Phi) is 4.41. The van der Waals surface area contributed by atoms with Gasteiger partial charge in [-0.15, -0.1) is 0 Å². The van der Waals surface area contributed by atoms with Crippen molar-refractivity contribution in [2.24, 2.45) is 0 Å². The highest BCUT2D eigenvalue weighted by Crippen LogP contribution is 2.30. The summed E-state index contributed by atoms with van der Waals surface area (Å²) in [5, 5.41) is 3.26. The molecule has 0 aromatic carbocycles. The van der Waals surface area contributed by atoms with Crippen LogP contribution >= 0.6 is 15.9 Å². The van der Waals surface area contributed by atoms with E-state index >= 15 is 0 Å². The molecule has 1 N–H and O–H groups in total. The molecule has 5 nitrogen and oxygen atoms in total. The van der Waals surface area contributed by atoms with E-state index in [1.54, 1.807) is 0 Å². The third-order valence-electron chi connectivity index (χ3n) is 3.94. The summed E-state index contributed by atoms with van der Waals surface area (Å²) in [4.78, 5) is 14.0. The Labute approximate surface area is 128 Å². The molecule has 1 aliphatic heterocycles. The summed E-state index contributed by atoms with van der Waals surface area (Å²) in [6.07, 6.45) is 5.72. The van der Waals surface area contributed by atoms with E-state index in [2.05, 4.69) is 47.9 Å². The third kappa shape index (κ3) is 3.23. The van der Waals surface area contributed by atoms with Crippen molar-refractivity contribution in [1.29, 1.82) is 0 Å². The van der Waals surface area contributed by atoms with Crippen LogP contribution in [0.4, 0.5) is 11.8 Å². The zero-order valence-electron chi connectivity index (χ0n) is 12.0. The van der Waals surface area contributed by atoms with Gasteiger partial charge in [0, 0.05) is 45.0 Å². The molecule has 1 saturated heterocycles. The van der Waals surface area contributed by atoms with E-state index in [4.69, 9.17) is 0 Å². The maximum atomic E-state index is 4.66. The number of piperazine rings is 1. The van der Waals surface area contributed by atoms with Crippen molar-refractivity contribution < 1.29 is 0 Å². The van der Waals surface area contributed by atoms with Crippen LogP contribution < -0.4 is 10.2 Å². The minimum absolute atomic E-state index is 0.731. The fraction of sp³-hybridized carbons (Fsp3) is 0.714. The van der Waals surface area contributed by atoms with Gasteiger partial charge < -0.3 is 10.2 Å². The summed E-state index contributed by atoms with van der Waals surface area (Å²) in [6.45, 7) is 7.47. The Morgan fingerprint density at radius 3 is 2.70 bits per heavy atom. The molecule has 2 aliphatic rings. The van der Waals surface area contributed by atoms with Crippen LogP contribution in [0.15, 0.2) is 10.7 Å². The van der Waals surface area contributed by atoms with Gasteiger partial charge in [0.1, 0.15) is 5.82 Å². The quantitative estimate of drug-likeness (QED) is 0.891. The van der Waals surface area contributed by atoms with Crippen LogP contribution in [0.2, 0.25) is 0 Å². The number of nitrogens with one attached hydrogen (secondary N) is 1. The highest BCUT2D eigenvalue weighted by molar-refractivity contribution is 9.10. The summed E-state index contributed by atoms with van der Waals surface area (Å²) >= 11 is 3.58. The molecule has 110 valence electrons. The standard InChI is InChI=1S/C14H22BrN5/c1-2-5-16-14-17-10-12(15)13(18-14)20-8-6-19(7-9-20)11-3-4-11/h10-11H,2-9H2,1H3,(H,16,17,18). The topological polar surface area (TPSA) is 44.3 Å². The Hall–Kier alpha value is -0.880. The first-order chi connectivity index (χ1) is 9.78. The molecule has 0 atom stereocenters. The summed E-state index contributed by atoms with van der Waals surface area (Å²) in [7, 11) is 0. The van der Waals surface area contributed by atoms with E-state index < -0.39 is 0 Å². The van der Waals surface area contributed by atoms with E-state index in [-0.39, 0.29) is 0 Å². The monoisotopic (exact) mass is 339 g/mol. The zero-order valence-corrected chi connectivity index (χ0v) is 13.6. The molecule has 1 aliphatic carbocycles. The van der Waals surface area contributed by atoms with Gasteiger partial charge in [0.05, 0.1) is 4.47 Å². The average Bonchev–Trinajstić information content (AvgIpc) is 3.31. The molecule has 0 bridgehead atoms. The van der Waals surface area contributed by atoms with Crippen LogP contribution in [-0.4, -0.2) is 53.6 Å². The van der Waals surface area contributed by atoms with Crippen LogP contribution in [0, 0.1) is 0 Å². The number of nitrogens with zero attached hydrogens (tertiary/aromatic N) is 4. The van der Waals surface area contributed by atoms with Crippen LogP contribution in [0.3, 0.4) is 0 Å². The first kappa shape index (κ1) is 14.1. The van der Waals surface area contributed by atoms with Gasteiger partial charge in [0.2, 0.25) is 5.95 Å². The van der Waals surface area contributed by atoms with Gasteiger partial charge in [-0.05, 0) is 35.2 Å². The van der Waals surface area contributed by atoms with Crippen molar-refractivity contribution in [3.63, 3.8) is 0 Å². The van der Waals surface area contributed by atoms with Gasteiger partial charge in [0.15, 0.2) is 0 Å². The number of hydrogen-bond acceptors (Lipinski definition) is 5. The summed E-state index contributed by atoms with van der Waals surface area (Å²) in [6, 6.07) is 0.868. The van der Waals surface area contributed by atoms with Gasteiger partial charge in [-0.25, -0.2) is 4.98 Å². The lowest BCUT2D eigenvalue weighted by atomic mass is 10.3. The first-order valence-electron chi connectivity index (χ1n) is 7.53. The Balaban J connectivity index is 1.66. The van der Waals surface area contributed by atoms with E-state index in [1.807, 2.05) is 6.20 Å². The number of halogens is 1. The van der Waals surface area contributed by atoms with Gasteiger partial charge in [-0.3, -0.25) is 4.90 Å². The first-order valence-corrected chi connectivity index (χ1v) is 8.32. The Bertz CT molecular complexity index is 455. The van der Waals surface area contributed by atoms with Crippen molar-refractivity contribution >= 4 is 27.7 Å². The van der Waals surface area contributed by atoms with Gasteiger partial charge in [-0.1, -0.05) is 6.92 Å². The molecule has 1 aromatic rings. The maximum Gasteiger partial charge on any atom is 0.224 e. The predicted octanol–water partition coefficient (Wildman–Crippen LogP) is 2.35. The van der Waals surface area contributed by atoms with E-state index in [9.17, 15) is 0 Å². The van der Waals surface area contributed by atoms with Crippen molar-refractivity contribution in [1.82, 2.24) is 14.9 Å². The Morgan fingerprint density at radius 1 is 1.30 bits per heavy atom. The van der Waals surface area contributed by atoms with Gasteiger partial charge >= 0.3 is 0 Å². The van der Waals surface area contributed by atoms with Gasteiger partial charge in [-0.2, -0.15) is 4.98 Å². The summed E-state index contributed by atoms with van der Waals surface area (Å²) in [5.41, 5.74) is 0. The van der Waals surface area contributed by atoms with Crippen molar-refractivity contribution in [3.05, 3.63) is 10.7 Å². The second-order valence-corrected chi connectivity index (χ2v) is 6.40. The Morgan fingerprint density at radius 2 is 2.05 bits per heavy atom. The molecular weight excluding hydrogens is 318 g/mol. The molecule has 0 unspecified atom stereocenters. The van der Waals surface area contributed by atoms with Crippen LogP contribution in [0.5, 0.6) is 0 Å². The lowest BCUT2D eigenvalue weighted by Gasteiger charge is -2.35. The SMILES string of the molecule is CCCNc1ncc(Br)c(N2CCN(C3CC3)CC2)n1. The molecule has 2 fully saturated rings. The zero-order chi connectivity index (χ0) is 13.9. The summed E-state index contributed by atoms with van der Waals surface area (Å²) < 4.78 is 0.986. The molecule has 0 radical (unpaired) electrons. The fourth-order valence-electron chi connectivity index (χ4n) is 2.64. The normalized spacial score (nSPS) is 20.2. The lowest BCUT2D eigenvalue weighted by Crippen LogP contribution is -2.47. The van der Waals surface area contributed by atoms with Crippen LogP contribution in [0.1, 0.15) is 26.2 Å². The molecule has 1 aromatic heterocycles. The second kappa shape index (κ2) is 6.26. The second-order valence-electron chi connectivity index (χ2n) is 5.55. The average molecular weight is 340 g/mol. The van der Waals surface area contributed by atoms with Crippen molar-refractivity contribution in [2.45, 2.75) is 32.2 Å². The molecule has 6 heteroatoms. The maximum absolute atomic E-state index is 4.66. The lowest BCUT2D eigenvalue weighted by molar-refractivity contribution is 0.247. The molecule has 0 amide bonds. The number of anilines is 2.